The van der Waals surface area contributed by atoms with Gasteiger partial charge in [0.2, 0.25) is 0 Å². The number of rotatable bonds is 7. The predicted octanol–water partition coefficient (Wildman–Crippen LogP) is 3.88. The summed E-state index contributed by atoms with van der Waals surface area (Å²) in [6.45, 7) is 5.14. The molecule has 2 fully saturated rings. The van der Waals surface area contributed by atoms with Gasteiger partial charge < -0.3 is 24.9 Å². The molecule has 2 aromatic carbocycles. The number of aryl methyl sites for hydroxylation is 1. The maximum absolute atomic E-state index is 12.0. The number of fused-ring (bicyclic) bond motifs is 1. The first kappa shape index (κ1) is 21.9. The summed E-state index contributed by atoms with van der Waals surface area (Å²) in [5.41, 5.74) is 4.65. The molecule has 3 N–H and O–H groups in total. The third-order valence-electron chi connectivity index (χ3n) is 7.07. The van der Waals surface area contributed by atoms with Crippen LogP contribution in [0.3, 0.4) is 0 Å². The van der Waals surface area contributed by atoms with Gasteiger partial charge >= 0.3 is 5.97 Å². The van der Waals surface area contributed by atoms with Gasteiger partial charge in [-0.15, -0.1) is 0 Å². The molecule has 2 atom stereocenters. The number of likely N-dealkylation sites (tertiary alicyclic amines) is 1. The molecule has 5 rings (SSSR count). The average Bonchev–Trinajstić information content (AvgIpc) is 3.29. The van der Waals surface area contributed by atoms with E-state index in [0.29, 0.717) is 24.2 Å². The Labute approximate surface area is 193 Å². The Kier molecular flexibility index (Phi) is 6.10. The Morgan fingerprint density at radius 3 is 2.82 bits per heavy atom. The highest BCUT2D eigenvalue weighted by atomic mass is 16.5. The fraction of sp³-hybridized carbons (Fsp3) is 0.423. The SMILES string of the molecule is COc1cc(C)c2[nH]ccc2c1CN1CCC(NC2COC2)CC1c1ccccc1C(=O)O. The number of nitrogens with zero attached hydrogens (tertiary/aromatic N) is 1. The summed E-state index contributed by atoms with van der Waals surface area (Å²) in [5, 5.41) is 14.8. The van der Waals surface area contributed by atoms with Crippen molar-refractivity contribution in [2.75, 3.05) is 26.9 Å². The molecule has 0 radical (unpaired) electrons. The summed E-state index contributed by atoms with van der Waals surface area (Å²) >= 11 is 0. The third kappa shape index (κ3) is 4.24. The Bertz CT molecular complexity index is 1150. The van der Waals surface area contributed by atoms with Gasteiger partial charge in [-0.2, -0.15) is 0 Å². The molecule has 2 aliphatic rings. The number of carbonyl (C=O) groups is 1. The van der Waals surface area contributed by atoms with Crippen molar-refractivity contribution in [3.8, 4) is 5.75 Å². The summed E-state index contributed by atoms with van der Waals surface area (Å²) in [6.07, 6.45) is 3.83. The molecule has 2 aliphatic heterocycles. The second kappa shape index (κ2) is 9.17. The zero-order valence-electron chi connectivity index (χ0n) is 19.1. The van der Waals surface area contributed by atoms with Crippen LogP contribution in [0.15, 0.2) is 42.6 Å². The lowest BCUT2D eigenvalue weighted by atomic mass is 9.88. The number of ether oxygens (including phenoxy) is 2. The van der Waals surface area contributed by atoms with E-state index in [1.54, 1.807) is 19.2 Å². The molecule has 0 bridgehead atoms. The van der Waals surface area contributed by atoms with Gasteiger partial charge in [0.25, 0.3) is 0 Å². The summed E-state index contributed by atoms with van der Waals surface area (Å²) < 4.78 is 11.1. The molecule has 3 heterocycles. The molecule has 1 aromatic heterocycles. The molecule has 2 saturated heterocycles. The quantitative estimate of drug-likeness (QED) is 0.508. The predicted molar refractivity (Wildman–Crippen MR) is 127 cm³/mol. The zero-order chi connectivity index (χ0) is 22.9. The molecule has 0 spiro atoms. The van der Waals surface area contributed by atoms with Crippen molar-refractivity contribution in [1.82, 2.24) is 15.2 Å². The summed E-state index contributed by atoms with van der Waals surface area (Å²) in [5.74, 6) is -0.00861. The number of hydrogen-bond donors (Lipinski definition) is 3. The largest absolute Gasteiger partial charge is 0.496 e. The van der Waals surface area contributed by atoms with Crippen molar-refractivity contribution in [1.29, 1.82) is 0 Å². The number of hydrogen-bond acceptors (Lipinski definition) is 5. The van der Waals surface area contributed by atoms with Gasteiger partial charge in [0.15, 0.2) is 0 Å². The minimum atomic E-state index is -0.881. The normalized spacial score (nSPS) is 21.8. The van der Waals surface area contributed by atoms with Crippen molar-refractivity contribution in [2.24, 2.45) is 0 Å². The smallest absolute Gasteiger partial charge is 0.336 e. The lowest BCUT2D eigenvalue weighted by Gasteiger charge is -2.43. The number of carboxylic acids is 1. The Morgan fingerprint density at radius 1 is 1.27 bits per heavy atom. The van der Waals surface area contributed by atoms with E-state index in [4.69, 9.17) is 9.47 Å². The number of benzene rings is 2. The number of aromatic carboxylic acids is 1. The van der Waals surface area contributed by atoms with E-state index in [2.05, 4.69) is 34.3 Å². The van der Waals surface area contributed by atoms with Crippen LogP contribution < -0.4 is 10.1 Å². The van der Waals surface area contributed by atoms with Crippen molar-refractivity contribution in [3.63, 3.8) is 0 Å². The van der Waals surface area contributed by atoms with Crippen LogP contribution in [-0.4, -0.2) is 59.9 Å². The Hall–Kier alpha value is -2.87. The van der Waals surface area contributed by atoms with Crippen molar-refractivity contribution in [3.05, 3.63) is 64.8 Å². The first-order chi connectivity index (χ1) is 16.0. The van der Waals surface area contributed by atoms with E-state index in [0.717, 1.165) is 65.9 Å². The minimum absolute atomic E-state index is 0.00968. The monoisotopic (exact) mass is 449 g/mol. The van der Waals surface area contributed by atoms with E-state index in [1.165, 1.54) is 0 Å². The molecule has 0 saturated carbocycles. The topological polar surface area (TPSA) is 86.8 Å². The van der Waals surface area contributed by atoms with Gasteiger partial charge in [-0.3, -0.25) is 4.90 Å². The zero-order valence-corrected chi connectivity index (χ0v) is 19.1. The Balaban J connectivity index is 1.51. The molecule has 3 aromatic rings. The second-order valence-corrected chi connectivity index (χ2v) is 9.14. The van der Waals surface area contributed by atoms with Crippen LogP contribution in [0, 0.1) is 6.92 Å². The van der Waals surface area contributed by atoms with Crippen LogP contribution in [0.25, 0.3) is 10.9 Å². The molecule has 7 nitrogen and oxygen atoms in total. The fourth-order valence-corrected chi connectivity index (χ4v) is 5.31. The second-order valence-electron chi connectivity index (χ2n) is 9.14. The van der Waals surface area contributed by atoms with Gasteiger partial charge in [-0.05, 0) is 49.1 Å². The summed E-state index contributed by atoms with van der Waals surface area (Å²) in [7, 11) is 1.71. The highest BCUT2D eigenvalue weighted by Gasteiger charge is 2.34. The first-order valence-corrected chi connectivity index (χ1v) is 11.6. The van der Waals surface area contributed by atoms with E-state index < -0.39 is 5.97 Å². The molecule has 2 unspecified atom stereocenters. The van der Waals surface area contributed by atoms with E-state index in [9.17, 15) is 9.90 Å². The number of aromatic nitrogens is 1. The Morgan fingerprint density at radius 2 is 2.09 bits per heavy atom. The number of piperidine rings is 1. The maximum atomic E-state index is 12.0. The number of H-pyrrole nitrogens is 1. The number of nitrogens with one attached hydrogen (secondary N) is 2. The van der Waals surface area contributed by atoms with Crippen LogP contribution in [0.4, 0.5) is 0 Å². The maximum Gasteiger partial charge on any atom is 0.336 e. The van der Waals surface area contributed by atoms with E-state index in [1.807, 2.05) is 18.3 Å². The van der Waals surface area contributed by atoms with Crippen LogP contribution in [-0.2, 0) is 11.3 Å². The van der Waals surface area contributed by atoms with Gasteiger partial charge in [0.05, 0.1) is 31.9 Å². The summed E-state index contributed by atoms with van der Waals surface area (Å²) in [4.78, 5) is 17.8. The van der Waals surface area contributed by atoms with Crippen LogP contribution >= 0.6 is 0 Å². The molecule has 0 aliphatic carbocycles. The standard InChI is InChI=1S/C26H31N3O4/c1-16-11-24(32-2)22(20-7-9-27-25(16)20)13-29-10-8-17(28-18-14-33-15-18)12-23(29)19-5-3-4-6-21(19)26(30)31/h3-7,9,11,17-18,23,27-28H,8,10,12-15H2,1-2H3,(H,30,31). The van der Waals surface area contributed by atoms with E-state index in [-0.39, 0.29) is 6.04 Å². The molecule has 0 amide bonds. The van der Waals surface area contributed by atoms with Gasteiger partial charge in [-0.25, -0.2) is 4.79 Å². The van der Waals surface area contributed by atoms with Crippen molar-refractivity contribution < 1.29 is 19.4 Å². The molecule has 174 valence electrons. The molecular formula is C26H31N3O4. The first-order valence-electron chi connectivity index (χ1n) is 11.6. The number of aromatic amines is 1. The van der Waals surface area contributed by atoms with Crippen molar-refractivity contribution in [2.45, 2.75) is 44.4 Å². The van der Waals surface area contributed by atoms with E-state index >= 15 is 0 Å². The number of methoxy groups -OCH3 is 1. The van der Waals surface area contributed by atoms with Crippen molar-refractivity contribution >= 4 is 16.9 Å². The third-order valence-corrected chi connectivity index (χ3v) is 7.07. The van der Waals surface area contributed by atoms with Crippen LogP contribution in [0.2, 0.25) is 0 Å². The molecule has 33 heavy (non-hydrogen) atoms. The highest BCUT2D eigenvalue weighted by molar-refractivity contribution is 5.90. The van der Waals surface area contributed by atoms with Gasteiger partial charge in [0.1, 0.15) is 5.75 Å². The van der Waals surface area contributed by atoms with Gasteiger partial charge in [0, 0.05) is 47.8 Å². The summed E-state index contributed by atoms with van der Waals surface area (Å²) in [6, 6.07) is 12.3. The lowest BCUT2D eigenvalue weighted by Crippen LogP contribution is -2.53. The van der Waals surface area contributed by atoms with Gasteiger partial charge in [-0.1, -0.05) is 18.2 Å². The average molecular weight is 450 g/mol. The fourth-order valence-electron chi connectivity index (χ4n) is 5.31. The van der Waals surface area contributed by atoms with Crippen LogP contribution in [0.1, 0.15) is 45.9 Å². The van der Waals surface area contributed by atoms with Crippen LogP contribution in [0.5, 0.6) is 5.75 Å². The lowest BCUT2D eigenvalue weighted by molar-refractivity contribution is -0.0168. The minimum Gasteiger partial charge on any atom is -0.496 e. The number of carboxylic acid groups (broad SMARTS) is 1. The highest BCUT2D eigenvalue weighted by Crippen LogP contribution is 2.38. The molecule has 7 heteroatoms. The molecular weight excluding hydrogens is 418 g/mol.